The SMILES string of the molecule is CCN1C[C@H]2[C@@H](C1)N(C(=O)c1cnccn1)CC[C@H]2OC.O=C(O)C(F)(F)F. The summed E-state index contributed by atoms with van der Waals surface area (Å²) in [4.78, 5) is 34.1. The average molecular weight is 404 g/mol. The maximum Gasteiger partial charge on any atom is 0.490 e. The van der Waals surface area contributed by atoms with E-state index in [-0.39, 0.29) is 18.1 Å². The van der Waals surface area contributed by atoms with Gasteiger partial charge in [0, 0.05) is 45.1 Å². The Balaban J connectivity index is 0.000000345. The molecule has 1 aromatic rings. The highest BCUT2D eigenvalue weighted by atomic mass is 19.4. The molecule has 2 aliphatic rings. The summed E-state index contributed by atoms with van der Waals surface area (Å²) in [6.07, 6.45) is 0.760. The fourth-order valence-electron chi connectivity index (χ4n) is 3.60. The smallest absolute Gasteiger partial charge is 0.475 e. The lowest BCUT2D eigenvalue weighted by Crippen LogP contribution is -2.53. The number of carboxylic acids is 1. The zero-order valence-electron chi connectivity index (χ0n) is 15.6. The van der Waals surface area contributed by atoms with Crippen molar-refractivity contribution >= 4 is 11.9 Å². The predicted octanol–water partition coefficient (Wildman–Crippen LogP) is 1.29. The minimum Gasteiger partial charge on any atom is -0.475 e. The van der Waals surface area contributed by atoms with E-state index in [1.807, 2.05) is 4.90 Å². The van der Waals surface area contributed by atoms with Crippen LogP contribution in [0, 0.1) is 5.92 Å². The minimum atomic E-state index is -5.08. The Kier molecular flexibility index (Phi) is 7.30. The van der Waals surface area contributed by atoms with Gasteiger partial charge in [-0.15, -0.1) is 0 Å². The molecule has 0 spiro atoms. The van der Waals surface area contributed by atoms with Gasteiger partial charge < -0.3 is 19.6 Å². The van der Waals surface area contributed by atoms with Crippen LogP contribution in [0.25, 0.3) is 0 Å². The highest BCUT2D eigenvalue weighted by Gasteiger charge is 2.45. The summed E-state index contributed by atoms with van der Waals surface area (Å²) in [5, 5.41) is 7.12. The zero-order chi connectivity index (χ0) is 20.9. The number of likely N-dealkylation sites (N-methyl/N-ethyl adjacent to an activating group) is 1. The van der Waals surface area contributed by atoms with Gasteiger partial charge in [0.25, 0.3) is 5.91 Å². The Morgan fingerprint density at radius 1 is 1.32 bits per heavy atom. The summed E-state index contributed by atoms with van der Waals surface area (Å²) in [6, 6.07) is 0.221. The highest BCUT2D eigenvalue weighted by molar-refractivity contribution is 5.92. The number of carbonyl (C=O) groups excluding carboxylic acids is 1. The van der Waals surface area contributed by atoms with Gasteiger partial charge in [0.05, 0.1) is 18.3 Å². The van der Waals surface area contributed by atoms with Crippen molar-refractivity contribution in [3.05, 3.63) is 24.3 Å². The average Bonchev–Trinajstić information content (AvgIpc) is 3.11. The van der Waals surface area contributed by atoms with Gasteiger partial charge in [-0.05, 0) is 13.0 Å². The van der Waals surface area contributed by atoms with Crippen molar-refractivity contribution in [3.63, 3.8) is 0 Å². The number of hydrogen-bond acceptors (Lipinski definition) is 6. The molecule has 0 saturated carbocycles. The number of likely N-dealkylation sites (tertiary alicyclic amines) is 2. The third kappa shape index (κ3) is 5.16. The van der Waals surface area contributed by atoms with Gasteiger partial charge in [-0.2, -0.15) is 13.2 Å². The Bertz CT molecular complexity index is 674. The van der Waals surface area contributed by atoms with Crippen LogP contribution >= 0.6 is 0 Å². The third-order valence-electron chi connectivity index (χ3n) is 4.98. The first-order valence-electron chi connectivity index (χ1n) is 8.81. The summed E-state index contributed by atoms with van der Waals surface area (Å²) in [5.41, 5.74) is 0.432. The first-order chi connectivity index (χ1) is 13.2. The van der Waals surface area contributed by atoms with E-state index in [4.69, 9.17) is 14.6 Å². The number of nitrogens with zero attached hydrogens (tertiary/aromatic N) is 4. The molecule has 8 nitrogen and oxygen atoms in total. The Morgan fingerprint density at radius 3 is 2.50 bits per heavy atom. The normalized spacial score (nSPS) is 24.9. The second-order valence-corrected chi connectivity index (χ2v) is 6.54. The Labute approximate surface area is 160 Å². The number of piperidine rings is 1. The molecule has 0 unspecified atom stereocenters. The van der Waals surface area contributed by atoms with Gasteiger partial charge in [0.15, 0.2) is 0 Å². The molecule has 11 heteroatoms. The van der Waals surface area contributed by atoms with Crippen molar-refractivity contribution in [2.45, 2.75) is 31.7 Å². The number of ether oxygens (including phenoxy) is 1. The van der Waals surface area contributed by atoms with E-state index < -0.39 is 12.1 Å². The molecule has 0 bridgehead atoms. The van der Waals surface area contributed by atoms with Crippen LogP contribution < -0.4 is 0 Å². The number of halogens is 3. The van der Waals surface area contributed by atoms with Crippen molar-refractivity contribution in [3.8, 4) is 0 Å². The largest absolute Gasteiger partial charge is 0.490 e. The lowest BCUT2D eigenvalue weighted by molar-refractivity contribution is -0.192. The van der Waals surface area contributed by atoms with Gasteiger partial charge in [0.1, 0.15) is 5.69 Å². The van der Waals surface area contributed by atoms with Crippen molar-refractivity contribution in [1.82, 2.24) is 19.8 Å². The van der Waals surface area contributed by atoms with Gasteiger partial charge >= 0.3 is 12.1 Å². The van der Waals surface area contributed by atoms with Crippen molar-refractivity contribution < 1.29 is 32.6 Å². The summed E-state index contributed by atoms with van der Waals surface area (Å²) in [6.45, 7) is 5.83. The van der Waals surface area contributed by atoms with Gasteiger partial charge in [-0.25, -0.2) is 9.78 Å². The first kappa shape index (κ1) is 22.0. The van der Waals surface area contributed by atoms with Crippen LogP contribution in [0.15, 0.2) is 18.6 Å². The number of rotatable bonds is 3. The van der Waals surface area contributed by atoms with Crippen LogP contribution in [0.3, 0.4) is 0 Å². The number of fused-ring (bicyclic) bond motifs is 1. The van der Waals surface area contributed by atoms with E-state index in [1.54, 1.807) is 25.7 Å². The molecule has 2 aliphatic heterocycles. The molecule has 28 heavy (non-hydrogen) atoms. The highest BCUT2D eigenvalue weighted by Crippen LogP contribution is 2.33. The van der Waals surface area contributed by atoms with Crippen molar-refractivity contribution in [1.29, 1.82) is 0 Å². The molecule has 2 saturated heterocycles. The standard InChI is InChI=1S/C15H22N4O2.C2HF3O2/c1-3-18-9-11-13(10-18)19(7-4-14(11)21-2)15(20)12-8-16-5-6-17-12;3-2(4,5)1(6)7/h5-6,8,11,13-14H,3-4,7,9-10H2,1-2H3;(H,6,7)/t11-,13+,14+;/m0./s1. The fourth-order valence-corrected chi connectivity index (χ4v) is 3.60. The van der Waals surface area contributed by atoms with Crippen LogP contribution in [0.2, 0.25) is 0 Å². The van der Waals surface area contributed by atoms with Crippen LogP contribution in [-0.4, -0.2) is 88.4 Å². The number of carboxylic acid groups (broad SMARTS) is 1. The van der Waals surface area contributed by atoms with Gasteiger partial charge in [0.2, 0.25) is 0 Å². The van der Waals surface area contributed by atoms with Crippen LogP contribution in [0.1, 0.15) is 23.8 Å². The summed E-state index contributed by atoms with van der Waals surface area (Å²) < 4.78 is 37.4. The molecular formula is C17H23F3N4O4. The number of alkyl halides is 3. The monoisotopic (exact) mass is 404 g/mol. The zero-order valence-corrected chi connectivity index (χ0v) is 15.6. The summed E-state index contributed by atoms with van der Waals surface area (Å²) in [5.74, 6) is -2.37. The van der Waals surface area contributed by atoms with E-state index in [0.29, 0.717) is 11.6 Å². The molecule has 156 valence electrons. The van der Waals surface area contributed by atoms with Crippen molar-refractivity contribution in [2.75, 3.05) is 33.3 Å². The lowest BCUT2D eigenvalue weighted by atomic mass is 9.89. The van der Waals surface area contributed by atoms with E-state index in [2.05, 4.69) is 21.8 Å². The van der Waals surface area contributed by atoms with E-state index in [1.165, 1.54) is 0 Å². The number of aliphatic carboxylic acids is 1. The molecule has 0 aromatic carbocycles. The Hall–Kier alpha value is -2.27. The third-order valence-corrected chi connectivity index (χ3v) is 4.98. The van der Waals surface area contributed by atoms with Gasteiger partial charge in [-0.3, -0.25) is 9.78 Å². The maximum absolute atomic E-state index is 12.7. The number of aromatic nitrogens is 2. The van der Waals surface area contributed by atoms with E-state index >= 15 is 0 Å². The summed E-state index contributed by atoms with van der Waals surface area (Å²) >= 11 is 0. The molecule has 3 atom stereocenters. The van der Waals surface area contributed by atoms with Crippen LogP contribution in [-0.2, 0) is 9.53 Å². The number of amides is 1. The molecule has 0 aliphatic carbocycles. The maximum atomic E-state index is 12.7. The molecule has 1 amide bonds. The summed E-state index contributed by atoms with van der Waals surface area (Å²) in [7, 11) is 1.77. The Morgan fingerprint density at radius 2 is 2.00 bits per heavy atom. The topological polar surface area (TPSA) is 95.9 Å². The molecule has 1 aromatic heterocycles. The molecule has 1 N–H and O–H groups in total. The van der Waals surface area contributed by atoms with Crippen LogP contribution in [0.4, 0.5) is 13.2 Å². The van der Waals surface area contributed by atoms with E-state index in [0.717, 1.165) is 32.6 Å². The molecule has 3 rings (SSSR count). The second-order valence-electron chi connectivity index (χ2n) is 6.54. The first-order valence-corrected chi connectivity index (χ1v) is 8.81. The fraction of sp³-hybridized carbons (Fsp3) is 0.647. The van der Waals surface area contributed by atoms with E-state index in [9.17, 15) is 18.0 Å². The number of methoxy groups -OCH3 is 1. The van der Waals surface area contributed by atoms with Crippen LogP contribution in [0.5, 0.6) is 0 Å². The minimum absolute atomic E-state index is 0.00870. The predicted molar refractivity (Wildman–Crippen MR) is 91.6 cm³/mol. The van der Waals surface area contributed by atoms with Crippen molar-refractivity contribution in [2.24, 2.45) is 5.92 Å². The quantitative estimate of drug-likeness (QED) is 0.811. The lowest BCUT2D eigenvalue weighted by Gasteiger charge is -2.40. The second kappa shape index (κ2) is 9.28. The number of carbonyl (C=O) groups is 2. The molecule has 3 heterocycles. The number of hydrogen-bond donors (Lipinski definition) is 1. The molecular weight excluding hydrogens is 381 g/mol. The molecule has 2 fully saturated rings. The molecule has 0 radical (unpaired) electrons. The van der Waals surface area contributed by atoms with Gasteiger partial charge in [-0.1, -0.05) is 6.92 Å².